The summed E-state index contributed by atoms with van der Waals surface area (Å²) < 4.78 is 13.7. The van der Waals surface area contributed by atoms with Crippen LogP contribution in [0.3, 0.4) is 0 Å². The Labute approximate surface area is 187 Å². The molecule has 4 nitrogen and oxygen atoms in total. The Hall–Kier alpha value is -1.37. The van der Waals surface area contributed by atoms with Crippen molar-refractivity contribution < 1.29 is 14.3 Å². The van der Waals surface area contributed by atoms with E-state index >= 15 is 0 Å². The average molecular weight is 521 g/mol. The van der Waals surface area contributed by atoms with Gasteiger partial charge in [0, 0.05) is 28.0 Å². The lowest BCUT2D eigenvalue weighted by Crippen LogP contribution is -2.34. The number of benzene rings is 2. The van der Waals surface area contributed by atoms with Crippen LogP contribution in [0.15, 0.2) is 45.3 Å². The highest BCUT2D eigenvalue weighted by Crippen LogP contribution is 2.58. The molecule has 152 valence electrons. The minimum atomic E-state index is -0.231. The van der Waals surface area contributed by atoms with E-state index in [0.29, 0.717) is 13.2 Å². The van der Waals surface area contributed by atoms with Crippen LogP contribution in [0.4, 0.5) is 0 Å². The van der Waals surface area contributed by atoms with Crippen LogP contribution in [-0.2, 0) is 16.0 Å². The Bertz CT molecular complexity index is 963. The summed E-state index contributed by atoms with van der Waals surface area (Å²) in [5, 5.41) is 0. The fourth-order valence-corrected chi connectivity index (χ4v) is 6.86. The molecule has 4 atom stereocenters. The largest absolute Gasteiger partial charge is 0.492 e. The first-order valence-electron chi connectivity index (χ1n) is 10.2. The van der Waals surface area contributed by atoms with Crippen molar-refractivity contribution in [1.29, 1.82) is 0 Å². The van der Waals surface area contributed by atoms with Crippen LogP contribution in [0.5, 0.6) is 5.75 Å². The quantitative estimate of drug-likeness (QED) is 0.494. The summed E-state index contributed by atoms with van der Waals surface area (Å²) >= 11 is 7.30. The molecule has 0 saturated carbocycles. The van der Waals surface area contributed by atoms with Crippen molar-refractivity contribution in [3.63, 3.8) is 0 Å². The van der Waals surface area contributed by atoms with E-state index in [-0.39, 0.29) is 29.9 Å². The van der Waals surface area contributed by atoms with Gasteiger partial charge in [-0.3, -0.25) is 9.69 Å². The number of nitrogens with zero attached hydrogens (tertiary/aromatic N) is 1. The van der Waals surface area contributed by atoms with Crippen molar-refractivity contribution in [3.05, 3.63) is 62.0 Å². The highest BCUT2D eigenvalue weighted by molar-refractivity contribution is 9.11. The number of carbonyl (C=O) groups excluding carboxylic acids is 1. The molecule has 0 radical (unpaired) electrons. The smallest absolute Gasteiger partial charge is 0.311 e. The van der Waals surface area contributed by atoms with Gasteiger partial charge < -0.3 is 9.47 Å². The molecule has 0 spiro atoms. The summed E-state index contributed by atoms with van der Waals surface area (Å²) in [5.74, 6) is 0.632. The van der Waals surface area contributed by atoms with Gasteiger partial charge in [0.05, 0.1) is 23.6 Å². The monoisotopic (exact) mass is 519 g/mol. The number of hydrogen-bond acceptors (Lipinski definition) is 4. The molecule has 1 fully saturated rings. The first-order valence-corrected chi connectivity index (χ1v) is 11.8. The van der Waals surface area contributed by atoms with Crippen LogP contribution in [-0.4, -0.2) is 30.6 Å². The van der Waals surface area contributed by atoms with E-state index < -0.39 is 0 Å². The highest BCUT2D eigenvalue weighted by Gasteiger charge is 2.56. The Morgan fingerprint density at radius 2 is 2.03 bits per heavy atom. The minimum Gasteiger partial charge on any atom is -0.492 e. The number of halogens is 2. The maximum atomic E-state index is 13.2. The maximum absolute atomic E-state index is 13.2. The van der Waals surface area contributed by atoms with Crippen LogP contribution in [0.2, 0.25) is 0 Å². The molecule has 0 amide bonds. The second kappa shape index (κ2) is 7.71. The van der Waals surface area contributed by atoms with Gasteiger partial charge in [0.15, 0.2) is 0 Å². The molecule has 0 N–H and O–H groups in total. The Morgan fingerprint density at radius 1 is 1.21 bits per heavy atom. The number of esters is 1. The lowest BCUT2D eigenvalue weighted by Gasteiger charge is -2.35. The summed E-state index contributed by atoms with van der Waals surface area (Å²) in [6.45, 7) is 3.76. The van der Waals surface area contributed by atoms with Gasteiger partial charge in [-0.15, -0.1) is 0 Å². The fourth-order valence-electron chi connectivity index (χ4n) is 5.49. The number of rotatable bonds is 2. The second-order valence-corrected chi connectivity index (χ2v) is 9.76. The SMILES string of the molecule is CCOC(=O)[C@@H]1[C@H]2COc3c(Br)cc(Br)cc3[C@H]2N2CCCc3ccccc3[C@H]12. The zero-order chi connectivity index (χ0) is 20.1. The van der Waals surface area contributed by atoms with Crippen molar-refractivity contribution in [2.45, 2.75) is 31.8 Å². The Kier molecular flexibility index (Phi) is 5.21. The third kappa shape index (κ3) is 3.15. The summed E-state index contributed by atoms with van der Waals surface area (Å²) in [6, 6.07) is 12.9. The first kappa shape index (κ1) is 19.6. The standard InChI is InChI=1S/C23H23Br2NO3/c1-2-28-23(27)19-17-12-29-22-16(10-14(24)11-18(22)25)20(17)26-9-5-7-13-6-3-4-8-15(13)21(19)26/h3-4,6,8,10-11,17,19-21H,2,5,7,9,12H2,1H3/t17-,19-,20-,21-/m1/s1. The molecule has 0 aromatic heterocycles. The second-order valence-electron chi connectivity index (χ2n) is 7.99. The molecule has 6 heteroatoms. The fraction of sp³-hybridized carbons (Fsp3) is 0.435. The predicted molar refractivity (Wildman–Crippen MR) is 118 cm³/mol. The number of hydrogen-bond donors (Lipinski definition) is 0. The summed E-state index contributed by atoms with van der Waals surface area (Å²) in [5.41, 5.74) is 3.77. The Morgan fingerprint density at radius 3 is 2.86 bits per heavy atom. The zero-order valence-corrected chi connectivity index (χ0v) is 19.4. The van der Waals surface area contributed by atoms with Crippen molar-refractivity contribution in [1.82, 2.24) is 4.90 Å². The molecule has 2 aromatic carbocycles. The number of carbonyl (C=O) groups is 1. The van der Waals surface area contributed by atoms with E-state index in [1.54, 1.807) is 0 Å². The van der Waals surface area contributed by atoms with Gasteiger partial charge in [0.2, 0.25) is 0 Å². The molecule has 3 aliphatic rings. The van der Waals surface area contributed by atoms with Crippen LogP contribution < -0.4 is 4.74 Å². The minimum absolute atomic E-state index is 0.0232. The van der Waals surface area contributed by atoms with E-state index in [1.165, 1.54) is 11.1 Å². The van der Waals surface area contributed by atoms with Gasteiger partial charge in [-0.1, -0.05) is 40.2 Å². The molecule has 0 aliphatic carbocycles. The van der Waals surface area contributed by atoms with Crippen LogP contribution in [0.1, 0.15) is 42.1 Å². The van der Waals surface area contributed by atoms with Crippen molar-refractivity contribution >= 4 is 37.8 Å². The molecule has 5 rings (SSSR count). The van der Waals surface area contributed by atoms with Gasteiger partial charge in [-0.2, -0.15) is 0 Å². The van der Waals surface area contributed by atoms with Crippen molar-refractivity contribution in [2.24, 2.45) is 11.8 Å². The summed E-state index contributed by atoms with van der Waals surface area (Å²) in [6.07, 6.45) is 2.12. The number of ether oxygens (including phenoxy) is 2. The molecule has 3 heterocycles. The topological polar surface area (TPSA) is 38.8 Å². The van der Waals surface area contributed by atoms with Gasteiger partial charge >= 0.3 is 5.97 Å². The van der Waals surface area contributed by atoms with E-state index in [1.807, 2.05) is 13.0 Å². The maximum Gasteiger partial charge on any atom is 0.311 e. The first-order chi connectivity index (χ1) is 14.1. The van der Waals surface area contributed by atoms with Gasteiger partial charge in [-0.25, -0.2) is 0 Å². The van der Waals surface area contributed by atoms with E-state index in [0.717, 1.165) is 39.6 Å². The zero-order valence-electron chi connectivity index (χ0n) is 16.2. The Balaban J connectivity index is 1.69. The normalized spacial score (nSPS) is 27.7. The average Bonchev–Trinajstić information content (AvgIpc) is 2.91. The molecule has 2 aromatic rings. The predicted octanol–water partition coefficient (Wildman–Crippen LogP) is 5.44. The molecule has 3 aliphatic heterocycles. The van der Waals surface area contributed by atoms with Crippen molar-refractivity contribution in [3.8, 4) is 5.75 Å². The molecular formula is C23H23Br2NO3. The summed E-state index contributed by atoms with van der Waals surface area (Å²) in [4.78, 5) is 15.7. The number of aryl methyl sites for hydroxylation is 1. The lowest BCUT2D eigenvalue weighted by atomic mass is 9.81. The third-order valence-electron chi connectivity index (χ3n) is 6.49. The van der Waals surface area contributed by atoms with Gasteiger partial charge in [0.1, 0.15) is 5.75 Å². The molecule has 0 unspecified atom stereocenters. The van der Waals surface area contributed by atoms with Crippen molar-refractivity contribution in [2.75, 3.05) is 19.8 Å². The van der Waals surface area contributed by atoms with Crippen LogP contribution in [0.25, 0.3) is 0 Å². The molecule has 0 bridgehead atoms. The van der Waals surface area contributed by atoms with E-state index in [2.05, 4.69) is 67.1 Å². The molecular weight excluding hydrogens is 498 g/mol. The highest BCUT2D eigenvalue weighted by atomic mass is 79.9. The van der Waals surface area contributed by atoms with Gasteiger partial charge in [-0.05, 0) is 65.5 Å². The van der Waals surface area contributed by atoms with E-state index in [9.17, 15) is 4.79 Å². The molecule has 1 saturated heterocycles. The number of fused-ring (bicyclic) bond motifs is 7. The summed E-state index contributed by atoms with van der Waals surface area (Å²) in [7, 11) is 0. The van der Waals surface area contributed by atoms with E-state index in [4.69, 9.17) is 9.47 Å². The lowest BCUT2D eigenvalue weighted by molar-refractivity contribution is -0.150. The molecule has 29 heavy (non-hydrogen) atoms. The van der Waals surface area contributed by atoms with Crippen LogP contribution >= 0.6 is 31.9 Å². The van der Waals surface area contributed by atoms with Crippen LogP contribution in [0, 0.1) is 11.8 Å². The third-order valence-corrected chi connectivity index (χ3v) is 7.54. The van der Waals surface area contributed by atoms with Gasteiger partial charge in [0.25, 0.3) is 0 Å².